The predicted molar refractivity (Wildman–Crippen MR) is 156 cm³/mol. The Morgan fingerprint density at radius 1 is 0.571 bits per heavy atom. The molecule has 0 aliphatic carbocycles. The highest BCUT2D eigenvalue weighted by atomic mass is 16.5. The molecule has 244 valence electrons. The van der Waals surface area contributed by atoms with E-state index < -0.39 is 35.7 Å². The molecule has 2 atom stereocenters. The molecule has 0 fully saturated rings. The molecule has 0 aliphatic rings. The molecule has 5 amide bonds. The highest BCUT2D eigenvalue weighted by molar-refractivity contribution is 5.93. The summed E-state index contributed by atoms with van der Waals surface area (Å²) in [6, 6.07) is -1.72. The smallest absolute Gasteiger partial charge is 0.243 e. The van der Waals surface area contributed by atoms with Crippen LogP contribution in [0.2, 0.25) is 0 Å². The lowest BCUT2D eigenvalue weighted by molar-refractivity contribution is -0.132. The third-order valence-corrected chi connectivity index (χ3v) is 5.66. The lowest BCUT2D eigenvalue weighted by Gasteiger charge is -2.20. The molecule has 0 rings (SSSR count). The highest BCUT2D eigenvalue weighted by Gasteiger charge is 2.23. The number of hydrogen-bond donors (Lipinski definition) is 8. The second kappa shape index (κ2) is 27.0. The van der Waals surface area contributed by atoms with Gasteiger partial charge >= 0.3 is 0 Å². The zero-order chi connectivity index (χ0) is 31.4. The first-order chi connectivity index (χ1) is 20.2. The van der Waals surface area contributed by atoms with Crippen LogP contribution < -0.4 is 43.8 Å². The number of carbonyl (C=O) groups excluding carboxylic acids is 5. The van der Waals surface area contributed by atoms with Crippen LogP contribution in [0.1, 0.15) is 45.4 Å². The third-order valence-electron chi connectivity index (χ3n) is 5.66. The van der Waals surface area contributed by atoms with Gasteiger partial charge in [0.25, 0.3) is 0 Å². The summed E-state index contributed by atoms with van der Waals surface area (Å²) in [5.41, 5.74) is 16.3. The summed E-state index contributed by atoms with van der Waals surface area (Å²) >= 11 is 0. The van der Waals surface area contributed by atoms with Crippen molar-refractivity contribution in [1.82, 2.24) is 26.6 Å². The van der Waals surface area contributed by atoms with Crippen molar-refractivity contribution in [2.45, 2.75) is 57.5 Å². The first-order valence-corrected chi connectivity index (χ1v) is 14.5. The molecule has 0 aliphatic heterocycles. The molecule has 16 nitrogen and oxygen atoms in total. The van der Waals surface area contributed by atoms with Gasteiger partial charge in [0.1, 0.15) is 12.1 Å². The lowest BCUT2D eigenvalue weighted by Crippen LogP contribution is -2.52. The first kappa shape index (κ1) is 39.1. The van der Waals surface area contributed by atoms with E-state index in [0.717, 1.165) is 0 Å². The maximum absolute atomic E-state index is 12.7. The standard InChI is InChI=1S/C26H52N8O8/c1-20(35)33-21(6-2-4-8-27)25(38)32-19-24(37)34-22(7-3-5-9-28)26(39)31-18-23(36)30-11-13-41-15-17-42-16-14-40-12-10-29/h21-22H,2-19,27-29H2,1H3,(H,30,36)(H,31,39)(H,32,38)(H,33,35)(H,34,37)/t21?,22-/m0/s1. The molecule has 0 saturated heterocycles. The van der Waals surface area contributed by atoms with Crippen LogP contribution in [0, 0.1) is 0 Å². The summed E-state index contributed by atoms with van der Waals surface area (Å²) in [5.74, 6) is -2.43. The van der Waals surface area contributed by atoms with Gasteiger partial charge in [-0.2, -0.15) is 0 Å². The second-order valence-electron chi connectivity index (χ2n) is 9.35. The lowest BCUT2D eigenvalue weighted by atomic mass is 10.1. The van der Waals surface area contributed by atoms with E-state index in [9.17, 15) is 24.0 Å². The molecule has 0 bridgehead atoms. The van der Waals surface area contributed by atoms with Crippen molar-refractivity contribution in [2.75, 3.05) is 78.9 Å². The molecule has 0 radical (unpaired) electrons. The van der Waals surface area contributed by atoms with Crippen molar-refractivity contribution in [3.8, 4) is 0 Å². The van der Waals surface area contributed by atoms with Crippen molar-refractivity contribution >= 4 is 29.5 Å². The van der Waals surface area contributed by atoms with Crippen molar-refractivity contribution in [1.29, 1.82) is 0 Å². The first-order valence-electron chi connectivity index (χ1n) is 14.5. The summed E-state index contributed by atoms with van der Waals surface area (Å²) in [5, 5.41) is 12.8. The normalized spacial score (nSPS) is 12.2. The molecule has 0 spiro atoms. The van der Waals surface area contributed by atoms with Gasteiger partial charge in [0, 0.05) is 20.0 Å². The van der Waals surface area contributed by atoms with Gasteiger partial charge in [0.05, 0.1) is 52.7 Å². The molecule has 1 unspecified atom stereocenters. The van der Waals surface area contributed by atoms with E-state index in [4.69, 9.17) is 31.4 Å². The van der Waals surface area contributed by atoms with Crippen LogP contribution in [0.25, 0.3) is 0 Å². The van der Waals surface area contributed by atoms with Gasteiger partial charge in [-0.05, 0) is 51.6 Å². The number of carbonyl (C=O) groups is 5. The minimum Gasteiger partial charge on any atom is -0.378 e. The van der Waals surface area contributed by atoms with Gasteiger partial charge < -0.3 is 58.0 Å². The molecule has 0 aromatic rings. The Kier molecular flexibility index (Phi) is 25.1. The van der Waals surface area contributed by atoms with Gasteiger partial charge in [-0.15, -0.1) is 0 Å². The average molecular weight is 605 g/mol. The molecule has 0 heterocycles. The number of ether oxygens (including phenoxy) is 3. The van der Waals surface area contributed by atoms with Crippen molar-refractivity contribution in [3.63, 3.8) is 0 Å². The number of nitrogens with two attached hydrogens (primary N) is 3. The molecular weight excluding hydrogens is 552 g/mol. The maximum Gasteiger partial charge on any atom is 0.243 e. The van der Waals surface area contributed by atoms with Crippen molar-refractivity contribution < 1.29 is 38.2 Å². The zero-order valence-electron chi connectivity index (χ0n) is 24.9. The summed E-state index contributed by atoms with van der Waals surface area (Å²) in [4.78, 5) is 61.3. The van der Waals surface area contributed by atoms with Crippen LogP contribution in [0.15, 0.2) is 0 Å². The van der Waals surface area contributed by atoms with Crippen LogP contribution >= 0.6 is 0 Å². The topological polar surface area (TPSA) is 251 Å². The van der Waals surface area contributed by atoms with E-state index in [0.29, 0.717) is 91.2 Å². The largest absolute Gasteiger partial charge is 0.378 e. The monoisotopic (exact) mass is 604 g/mol. The van der Waals surface area contributed by atoms with E-state index in [-0.39, 0.29) is 32.1 Å². The van der Waals surface area contributed by atoms with Crippen LogP contribution in [-0.2, 0) is 38.2 Å². The Hall–Kier alpha value is -2.89. The van der Waals surface area contributed by atoms with E-state index in [2.05, 4.69) is 26.6 Å². The van der Waals surface area contributed by atoms with Crippen LogP contribution in [0.5, 0.6) is 0 Å². The van der Waals surface area contributed by atoms with Crippen molar-refractivity contribution in [2.24, 2.45) is 17.2 Å². The Morgan fingerprint density at radius 2 is 1.05 bits per heavy atom. The number of nitrogens with one attached hydrogen (secondary N) is 5. The average Bonchev–Trinajstić information content (AvgIpc) is 2.96. The number of rotatable bonds is 27. The van der Waals surface area contributed by atoms with Gasteiger partial charge in [0.15, 0.2) is 0 Å². The predicted octanol–water partition coefficient (Wildman–Crippen LogP) is -3.41. The van der Waals surface area contributed by atoms with E-state index in [1.807, 2.05) is 0 Å². The molecule has 0 aromatic heterocycles. The summed E-state index contributed by atoms with van der Waals surface area (Å²) in [7, 11) is 0. The minimum atomic E-state index is -0.923. The number of amides is 5. The molecule has 16 heteroatoms. The fourth-order valence-electron chi connectivity index (χ4n) is 3.55. The van der Waals surface area contributed by atoms with E-state index in [1.54, 1.807) is 0 Å². The Balaban J connectivity index is 4.46. The quantitative estimate of drug-likeness (QED) is 0.0429. The molecule has 0 aromatic carbocycles. The van der Waals surface area contributed by atoms with Gasteiger partial charge in [0.2, 0.25) is 29.5 Å². The number of hydrogen-bond acceptors (Lipinski definition) is 11. The van der Waals surface area contributed by atoms with Crippen LogP contribution in [-0.4, -0.2) is 121 Å². The van der Waals surface area contributed by atoms with Gasteiger partial charge in [-0.25, -0.2) is 0 Å². The Bertz CT molecular complexity index is 775. The minimum absolute atomic E-state index is 0.246. The maximum atomic E-state index is 12.7. The van der Waals surface area contributed by atoms with Gasteiger partial charge in [-0.1, -0.05) is 0 Å². The summed E-state index contributed by atoms with van der Waals surface area (Å²) < 4.78 is 15.9. The van der Waals surface area contributed by atoms with Crippen LogP contribution in [0.3, 0.4) is 0 Å². The second-order valence-corrected chi connectivity index (χ2v) is 9.35. The fourth-order valence-corrected chi connectivity index (χ4v) is 3.55. The number of unbranched alkanes of at least 4 members (excludes halogenated alkanes) is 2. The van der Waals surface area contributed by atoms with E-state index >= 15 is 0 Å². The van der Waals surface area contributed by atoms with E-state index in [1.165, 1.54) is 6.92 Å². The van der Waals surface area contributed by atoms with Crippen LogP contribution in [0.4, 0.5) is 0 Å². The zero-order valence-corrected chi connectivity index (χ0v) is 24.9. The molecule has 11 N–H and O–H groups in total. The fraction of sp³-hybridized carbons (Fsp3) is 0.808. The SMILES string of the molecule is CC(=O)NC(CCCCN)C(=O)NCC(=O)N[C@@H](CCCCN)C(=O)NCC(=O)NCCOCCOCCOCCN. The van der Waals surface area contributed by atoms with Gasteiger partial charge in [-0.3, -0.25) is 24.0 Å². The van der Waals surface area contributed by atoms with Crippen molar-refractivity contribution in [3.05, 3.63) is 0 Å². The molecular formula is C26H52N8O8. The summed E-state index contributed by atoms with van der Waals surface area (Å²) in [6.07, 6.45) is 3.21. The third kappa shape index (κ3) is 22.8. The highest BCUT2D eigenvalue weighted by Crippen LogP contribution is 2.02. The molecule has 0 saturated carbocycles. The molecule has 42 heavy (non-hydrogen) atoms. The Labute approximate surface area is 248 Å². The Morgan fingerprint density at radius 3 is 1.55 bits per heavy atom. The summed E-state index contributed by atoms with van der Waals surface area (Å²) in [6.45, 7) is 4.63.